The number of imidazole rings is 1. The van der Waals surface area contributed by atoms with Crippen molar-refractivity contribution in [3.8, 4) is 5.69 Å². The molecular formula is C15H16N4OS. The summed E-state index contributed by atoms with van der Waals surface area (Å²) in [4.78, 5) is 8.72. The van der Waals surface area contributed by atoms with Crippen LogP contribution in [0, 0.1) is 13.8 Å². The molecule has 0 radical (unpaired) electrons. The van der Waals surface area contributed by atoms with Gasteiger partial charge in [-0.05, 0) is 32.4 Å². The second-order valence-electron chi connectivity index (χ2n) is 4.81. The monoisotopic (exact) mass is 300 g/mol. The summed E-state index contributed by atoms with van der Waals surface area (Å²) in [5.74, 6) is 1.27. The van der Waals surface area contributed by atoms with E-state index in [4.69, 9.17) is 4.52 Å². The van der Waals surface area contributed by atoms with Crippen LogP contribution in [0.5, 0.6) is 0 Å². The quantitative estimate of drug-likeness (QED) is 0.687. The summed E-state index contributed by atoms with van der Waals surface area (Å²) in [5.41, 5.74) is 2.34. The highest BCUT2D eigenvalue weighted by Gasteiger charge is 2.18. The number of hydrogen-bond acceptors (Lipinski definition) is 5. The zero-order valence-electron chi connectivity index (χ0n) is 12.1. The Kier molecular flexibility index (Phi) is 3.79. The summed E-state index contributed by atoms with van der Waals surface area (Å²) in [6.07, 6.45) is 3.77. The lowest BCUT2D eigenvalue weighted by atomic mass is 10.2. The molecule has 3 rings (SSSR count). The van der Waals surface area contributed by atoms with Gasteiger partial charge in [0.2, 0.25) is 5.89 Å². The van der Waals surface area contributed by atoms with Crippen molar-refractivity contribution >= 4 is 11.8 Å². The maximum atomic E-state index is 5.23. The Hall–Kier alpha value is -2.08. The zero-order chi connectivity index (χ0) is 14.8. The topological polar surface area (TPSA) is 56.7 Å². The third-order valence-corrected chi connectivity index (χ3v) is 4.22. The van der Waals surface area contributed by atoms with Gasteiger partial charge in [0.15, 0.2) is 11.0 Å². The molecule has 1 atom stereocenters. The number of aromatic nitrogens is 4. The van der Waals surface area contributed by atoms with Crippen molar-refractivity contribution in [2.45, 2.75) is 31.2 Å². The standard InChI is InChI=1S/C15H16N4OS/c1-10-6-4-5-7-13(10)19-9-8-16-15(19)21-11(2)14-17-12(3)18-20-14/h4-9,11H,1-3H3. The van der Waals surface area contributed by atoms with E-state index in [1.54, 1.807) is 18.0 Å². The van der Waals surface area contributed by atoms with E-state index in [0.717, 1.165) is 10.8 Å². The Morgan fingerprint density at radius 2 is 2.05 bits per heavy atom. The van der Waals surface area contributed by atoms with Gasteiger partial charge in [0.25, 0.3) is 0 Å². The predicted molar refractivity (Wildman–Crippen MR) is 81.6 cm³/mol. The summed E-state index contributed by atoms with van der Waals surface area (Å²) in [6, 6.07) is 8.24. The van der Waals surface area contributed by atoms with Gasteiger partial charge in [0.1, 0.15) is 0 Å². The molecule has 1 aromatic carbocycles. The molecular weight excluding hydrogens is 284 g/mol. The van der Waals surface area contributed by atoms with Crippen LogP contribution in [-0.4, -0.2) is 19.7 Å². The second-order valence-corrected chi connectivity index (χ2v) is 6.11. The van der Waals surface area contributed by atoms with Gasteiger partial charge in [-0.2, -0.15) is 4.98 Å². The molecule has 21 heavy (non-hydrogen) atoms. The van der Waals surface area contributed by atoms with Crippen molar-refractivity contribution in [1.29, 1.82) is 0 Å². The molecule has 0 amide bonds. The molecule has 0 fully saturated rings. The highest BCUT2D eigenvalue weighted by molar-refractivity contribution is 7.99. The van der Waals surface area contributed by atoms with E-state index in [-0.39, 0.29) is 5.25 Å². The third kappa shape index (κ3) is 2.85. The maximum Gasteiger partial charge on any atom is 0.239 e. The van der Waals surface area contributed by atoms with Crippen LogP contribution in [0.2, 0.25) is 0 Å². The van der Waals surface area contributed by atoms with Gasteiger partial charge in [0, 0.05) is 12.4 Å². The largest absolute Gasteiger partial charge is 0.338 e. The van der Waals surface area contributed by atoms with Crippen molar-refractivity contribution in [2.24, 2.45) is 0 Å². The number of benzene rings is 1. The van der Waals surface area contributed by atoms with E-state index in [9.17, 15) is 0 Å². The summed E-state index contributed by atoms with van der Waals surface area (Å²) in [6.45, 7) is 5.95. The molecule has 2 heterocycles. The van der Waals surface area contributed by atoms with E-state index in [1.807, 2.05) is 32.2 Å². The molecule has 108 valence electrons. The zero-order valence-corrected chi connectivity index (χ0v) is 13.0. The molecule has 1 unspecified atom stereocenters. The summed E-state index contributed by atoms with van der Waals surface area (Å²) in [7, 11) is 0. The Morgan fingerprint density at radius 1 is 1.24 bits per heavy atom. The van der Waals surface area contributed by atoms with Gasteiger partial charge < -0.3 is 4.52 Å². The molecule has 0 bridgehead atoms. The van der Waals surface area contributed by atoms with Gasteiger partial charge in [-0.1, -0.05) is 35.1 Å². The molecule has 5 nitrogen and oxygen atoms in total. The molecule has 6 heteroatoms. The average Bonchev–Trinajstić information content (AvgIpc) is 3.08. The number of nitrogens with zero attached hydrogens (tertiary/aromatic N) is 4. The van der Waals surface area contributed by atoms with Crippen molar-refractivity contribution in [2.75, 3.05) is 0 Å². The Bertz CT molecular complexity index is 749. The first-order valence-electron chi connectivity index (χ1n) is 6.71. The fourth-order valence-electron chi connectivity index (χ4n) is 2.08. The van der Waals surface area contributed by atoms with Crippen molar-refractivity contribution in [3.05, 3.63) is 53.9 Å². The van der Waals surface area contributed by atoms with Gasteiger partial charge in [-0.15, -0.1) is 0 Å². The van der Waals surface area contributed by atoms with Gasteiger partial charge in [-0.3, -0.25) is 4.57 Å². The minimum Gasteiger partial charge on any atom is -0.338 e. The maximum absolute atomic E-state index is 5.23. The number of thioether (sulfide) groups is 1. The third-order valence-electron chi connectivity index (χ3n) is 3.16. The molecule has 3 aromatic rings. The predicted octanol–water partition coefficient (Wildman–Crippen LogP) is 3.73. The molecule has 2 aromatic heterocycles. The summed E-state index contributed by atoms with van der Waals surface area (Å²) in [5, 5.41) is 4.80. The van der Waals surface area contributed by atoms with Gasteiger partial charge >= 0.3 is 0 Å². The molecule has 0 aliphatic heterocycles. The van der Waals surface area contributed by atoms with E-state index in [0.29, 0.717) is 11.7 Å². The Balaban J connectivity index is 1.88. The fraction of sp³-hybridized carbons (Fsp3) is 0.267. The summed E-state index contributed by atoms with van der Waals surface area (Å²) < 4.78 is 7.31. The van der Waals surface area contributed by atoms with Crippen LogP contribution in [0.4, 0.5) is 0 Å². The minimum absolute atomic E-state index is 0.0522. The molecule has 0 spiro atoms. The first-order valence-corrected chi connectivity index (χ1v) is 7.59. The SMILES string of the molecule is Cc1noc(C(C)Sc2nccn2-c2ccccc2C)n1. The van der Waals surface area contributed by atoms with Crippen LogP contribution in [-0.2, 0) is 0 Å². The van der Waals surface area contributed by atoms with Crippen LogP contribution < -0.4 is 0 Å². The molecule has 0 saturated heterocycles. The first-order chi connectivity index (χ1) is 10.1. The van der Waals surface area contributed by atoms with E-state index >= 15 is 0 Å². The number of aryl methyl sites for hydroxylation is 2. The highest BCUT2D eigenvalue weighted by Crippen LogP contribution is 2.34. The summed E-state index contributed by atoms with van der Waals surface area (Å²) >= 11 is 1.60. The van der Waals surface area contributed by atoms with Gasteiger partial charge in [0.05, 0.1) is 10.9 Å². The lowest BCUT2D eigenvalue weighted by Crippen LogP contribution is -1.99. The molecule has 0 aliphatic rings. The van der Waals surface area contributed by atoms with E-state index < -0.39 is 0 Å². The van der Waals surface area contributed by atoms with E-state index in [2.05, 4.69) is 38.7 Å². The van der Waals surface area contributed by atoms with E-state index in [1.165, 1.54) is 5.56 Å². The first kappa shape index (κ1) is 13.9. The van der Waals surface area contributed by atoms with Crippen LogP contribution in [0.3, 0.4) is 0 Å². The van der Waals surface area contributed by atoms with Gasteiger partial charge in [-0.25, -0.2) is 4.98 Å². The van der Waals surface area contributed by atoms with Crippen molar-refractivity contribution in [3.63, 3.8) is 0 Å². The highest BCUT2D eigenvalue weighted by atomic mass is 32.2. The molecule has 0 N–H and O–H groups in total. The molecule has 0 saturated carbocycles. The minimum atomic E-state index is 0.0522. The average molecular weight is 300 g/mol. The van der Waals surface area contributed by atoms with Crippen LogP contribution in [0.1, 0.15) is 29.5 Å². The lowest BCUT2D eigenvalue weighted by Gasteiger charge is -2.11. The molecule has 0 aliphatic carbocycles. The number of para-hydroxylation sites is 1. The van der Waals surface area contributed by atoms with Crippen LogP contribution in [0.25, 0.3) is 5.69 Å². The Morgan fingerprint density at radius 3 is 2.76 bits per heavy atom. The lowest BCUT2D eigenvalue weighted by molar-refractivity contribution is 0.376. The smallest absolute Gasteiger partial charge is 0.239 e. The second kappa shape index (κ2) is 5.73. The Labute approximate surface area is 127 Å². The fourth-order valence-corrected chi connectivity index (χ4v) is 2.99. The van der Waals surface area contributed by atoms with Crippen molar-refractivity contribution < 1.29 is 4.52 Å². The normalized spacial score (nSPS) is 12.5. The van der Waals surface area contributed by atoms with Crippen molar-refractivity contribution in [1.82, 2.24) is 19.7 Å². The number of hydrogen-bond donors (Lipinski definition) is 0. The van der Waals surface area contributed by atoms with Crippen LogP contribution in [0.15, 0.2) is 46.3 Å². The number of rotatable bonds is 4. The van der Waals surface area contributed by atoms with Crippen LogP contribution >= 0.6 is 11.8 Å².